The Labute approximate surface area is 296 Å². The molecule has 8 rings (SSSR count). The Morgan fingerprint density at radius 1 is 1.10 bits per heavy atom. The third kappa shape index (κ3) is 6.05. The van der Waals surface area contributed by atoms with Crippen molar-refractivity contribution in [3.63, 3.8) is 0 Å². The minimum atomic E-state index is -3.05. The van der Waals surface area contributed by atoms with Crippen molar-refractivity contribution in [1.29, 1.82) is 0 Å². The van der Waals surface area contributed by atoms with Crippen LogP contribution in [0.5, 0.6) is 11.8 Å². The van der Waals surface area contributed by atoms with E-state index in [4.69, 9.17) is 20.9 Å². The summed E-state index contributed by atoms with van der Waals surface area (Å²) in [4.78, 5) is 18.6. The fourth-order valence-electron chi connectivity index (χ4n) is 8.97. The molecule has 0 spiro atoms. The van der Waals surface area contributed by atoms with Crippen molar-refractivity contribution in [3.8, 4) is 35.4 Å². The molecule has 268 valence electrons. The van der Waals surface area contributed by atoms with Crippen molar-refractivity contribution < 1.29 is 31.8 Å². The number of anilines is 1. The van der Waals surface area contributed by atoms with Crippen LogP contribution in [-0.2, 0) is 14.6 Å². The molecule has 0 bridgehead atoms. The predicted octanol–water partition coefficient (Wildman–Crippen LogP) is 5.63. The van der Waals surface area contributed by atoms with E-state index < -0.39 is 21.5 Å². The van der Waals surface area contributed by atoms with Gasteiger partial charge >= 0.3 is 6.01 Å². The van der Waals surface area contributed by atoms with Crippen LogP contribution in [-0.4, -0.2) is 96.4 Å². The number of aromatic hydroxyl groups is 1. The summed E-state index contributed by atoms with van der Waals surface area (Å²) in [6.45, 7) is 3.54. The predicted molar refractivity (Wildman–Crippen MR) is 191 cm³/mol. The number of benzene rings is 2. The molecule has 2 saturated carbocycles. The average molecular weight is 718 g/mol. The van der Waals surface area contributed by atoms with Gasteiger partial charge in [0.25, 0.3) is 0 Å². The van der Waals surface area contributed by atoms with Crippen LogP contribution < -0.4 is 9.64 Å². The number of nitrogens with zero attached hydrogens (tertiary/aromatic N) is 5. The average Bonchev–Trinajstić information content (AvgIpc) is 3.33. The Bertz CT molecular complexity index is 2160. The molecular formula is C38H41F2N5O5S. The van der Waals surface area contributed by atoms with E-state index in [1.807, 2.05) is 4.90 Å². The van der Waals surface area contributed by atoms with E-state index in [2.05, 4.69) is 20.8 Å². The van der Waals surface area contributed by atoms with Gasteiger partial charge in [0.2, 0.25) is 0 Å². The van der Waals surface area contributed by atoms with E-state index in [9.17, 15) is 17.9 Å². The molecule has 2 saturated heterocycles. The second-order valence-corrected chi connectivity index (χ2v) is 16.9. The van der Waals surface area contributed by atoms with Gasteiger partial charge in [0, 0.05) is 60.6 Å². The Balaban J connectivity index is 1.18. The number of sulfone groups is 1. The molecule has 4 aromatic rings. The van der Waals surface area contributed by atoms with Crippen molar-refractivity contribution in [3.05, 3.63) is 47.7 Å². The Morgan fingerprint density at radius 2 is 1.92 bits per heavy atom. The number of phenols is 1. The van der Waals surface area contributed by atoms with Crippen molar-refractivity contribution in [2.75, 3.05) is 50.6 Å². The first kappa shape index (κ1) is 34.0. The molecule has 2 aliphatic carbocycles. The maximum Gasteiger partial charge on any atom is 0.319 e. The highest BCUT2D eigenvalue weighted by Crippen LogP contribution is 2.50. The molecule has 0 amide bonds. The number of aromatic nitrogens is 3. The zero-order valence-electron chi connectivity index (χ0n) is 28.6. The normalized spacial score (nSPS) is 25.7. The minimum absolute atomic E-state index is 0.00709. The van der Waals surface area contributed by atoms with Gasteiger partial charge < -0.3 is 19.5 Å². The van der Waals surface area contributed by atoms with Crippen LogP contribution in [0.15, 0.2) is 30.5 Å². The van der Waals surface area contributed by atoms with Gasteiger partial charge in [0.15, 0.2) is 5.82 Å². The lowest BCUT2D eigenvalue weighted by Gasteiger charge is -2.53. The first-order chi connectivity index (χ1) is 24.6. The third-order valence-electron chi connectivity index (χ3n) is 11.6. The van der Waals surface area contributed by atoms with Gasteiger partial charge in [-0.15, -0.1) is 6.42 Å². The molecule has 2 aromatic heterocycles. The summed E-state index contributed by atoms with van der Waals surface area (Å²) in [5.74, 6) is 1.32. The first-order valence-electron chi connectivity index (χ1n) is 17.7. The monoisotopic (exact) mass is 717 g/mol. The molecule has 0 unspecified atom stereocenters. The van der Waals surface area contributed by atoms with Crippen LogP contribution in [0.1, 0.15) is 56.9 Å². The number of halogens is 2. The van der Waals surface area contributed by atoms with E-state index in [1.54, 1.807) is 0 Å². The number of rotatable bonds is 7. The third-order valence-corrected chi connectivity index (χ3v) is 13.2. The van der Waals surface area contributed by atoms with Crippen LogP contribution in [0.3, 0.4) is 0 Å². The summed E-state index contributed by atoms with van der Waals surface area (Å²) in [6, 6.07) is 6.04. The van der Waals surface area contributed by atoms with E-state index >= 15 is 4.39 Å². The number of likely N-dealkylation sites (tertiary alicyclic amines) is 1. The molecule has 51 heavy (non-hydrogen) atoms. The molecule has 2 aromatic carbocycles. The fraction of sp³-hybridized carbons (Fsp3) is 0.500. The highest BCUT2D eigenvalue weighted by Gasteiger charge is 2.52. The van der Waals surface area contributed by atoms with E-state index in [-0.39, 0.29) is 62.2 Å². The zero-order valence-corrected chi connectivity index (χ0v) is 29.4. The minimum Gasteiger partial charge on any atom is -0.508 e. The highest BCUT2D eigenvalue weighted by molar-refractivity contribution is 7.91. The number of pyridine rings is 1. The Hall–Kier alpha value is -4.12. The fourth-order valence-corrected chi connectivity index (χ4v) is 10.1. The van der Waals surface area contributed by atoms with Crippen LogP contribution in [0.2, 0.25) is 0 Å². The van der Waals surface area contributed by atoms with Crippen molar-refractivity contribution in [2.24, 2.45) is 5.41 Å². The van der Waals surface area contributed by atoms with Crippen LogP contribution in [0.25, 0.3) is 32.9 Å². The smallest absolute Gasteiger partial charge is 0.319 e. The zero-order chi connectivity index (χ0) is 35.5. The molecule has 4 fully saturated rings. The summed E-state index contributed by atoms with van der Waals surface area (Å²) in [5, 5.41) is 11.4. The molecule has 4 aliphatic rings. The summed E-state index contributed by atoms with van der Waals surface area (Å²) in [7, 11) is -3.05. The summed E-state index contributed by atoms with van der Waals surface area (Å²) in [5.41, 5.74) is -0.201. The maximum absolute atomic E-state index is 16.9. The summed E-state index contributed by atoms with van der Waals surface area (Å²) in [6.07, 6.45) is 15.6. The SMILES string of the molecule is C#Cc1c(F)ccc2cc(O)cc(-c3ncc4c(N5CCCOCC5)nc(OC[C@]56CCC[C@H]5N(C5CC(S(C)(=O)=O)C5)CCC6)nc4c3F)c12. The van der Waals surface area contributed by atoms with Crippen LogP contribution in [0.4, 0.5) is 14.6 Å². The van der Waals surface area contributed by atoms with Gasteiger partial charge in [-0.2, -0.15) is 9.97 Å². The second-order valence-electron chi connectivity index (χ2n) is 14.6. The molecule has 13 heteroatoms. The molecule has 2 atom stereocenters. The summed E-state index contributed by atoms with van der Waals surface area (Å²) < 4.78 is 68.4. The summed E-state index contributed by atoms with van der Waals surface area (Å²) >= 11 is 0. The molecule has 0 radical (unpaired) electrons. The Morgan fingerprint density at radius 3 is 2.73 bits per heavy atom. The second kappa shape index (κ2) is 13.1. The van der Waals surface area contributed by atoms with E-state index in [1.165, 1.54) is 36.7 Å². The molecule has 10 nitrogen and oxygen atoms in total. The lowest BCUT2D eigenvalue weighted by molar-refractivity contribution is -0.0390. The molecule has 1 N–H and O–H groups in total. The number of phenolic OH excluding ortho intramolecular Hbond substituents is 1. The number of fused-ring (bicyclic) bond motifs is 3. The number of terminal acetylenes is 1. The van der Waals surface area contributed by atoms with Crippen molar-refractivity contribution in [1.82, 2.24) is 19.9 Å². The van der Waals surface area contributed by atoms with Gasteiger partial charge in [-0.05, 0) is 75.1 Å². The lowest BCUT2D eigenvalue weighted by Crippen LogP contribution is -2.60. The van der Waals surface area contributed by atoms with Crippen molar-refractivity contribution >= 4 is 37.3 Å². The van der Waals surface area contributed by atoms with Gasteiger partial charge in [-0.3, -0.25) is 9.88 Å². The topological polar surface area (TPSA) is 118 Å². The van der Waals surface area contributed by atoms with Gasteiger partial charge in [0.05, 0.1) is 29.4 Å². The maximum atomic E-state index is 16.9. The number of ether oxygens (including phenoxy) is 2. The quantitative estimate of drug-likeness (QED) is 0.241. The molecule has 2 aliphatic heterocycles. The highest BCUT2D eigenvalue weighted by atomic mass is 32.2. The van der Waals surface area contributed by atoms with Crippen molar-refractivity contribution in [2.45, 2.75) is 68.7 Å². The first-order valence-corrected chi connectivity index (χ1v) is 19.7. The largest absolute Gasteiger partial charge is 0.508 e. The number of piperidine rings is 1. The van der Waals surface area contributed by atoms with Crippen LogP contribution >= 0.6 is 0 Å². The van der Waals surface area contributed by atoms with E-state index in [0.717, 1.165) is 45.1 Å². The van der Waals surface area contributed by atoms with Gasteiger partial charge in [0.1, 0.15) is 38.4 Å². The lowest BCUT2D eigenvalue weighted by atomic mass is 9.73. The number of hydrogen-bond acceptors (Lipinski definition) is 10. The van der Waals surface area contributed by atoms with E-state index in [0.29, 0.717) is 62.3 Å². The molecular weight excluding hydrogens is 677 g/mol. The number of hydrogen-bond donors (Lipinski definition) is 1. The Kier molecular flexibility index (Phi) is 8.75. The van der Waals surface area contributed by atoms with Crippen LogP contribution in [0, 0.1) is 29.4 Å². The van der Waals surface area contributed by atoms with Gasteiger partial charge in [-0.1, -0.05) is 18.4 Å². The van der Waals surface area contributed by atoms with Gasteiger partial charge in [-0.25, -0.2) is 17.2 Å². The standard InChI is InChI=1S/C38H41F2N5O5S/c1-3-27-30(39)9-8-23-17-25(46)20-28(32(23)27)34-33(40)35-29(21-41-34)36(44-12-6-15-49-16-14-44)43-37(42-35)50-22-38-10-4-7-31(38)45(13-5-11-38)24-18-26(19-24)51(2,47)48/h1,8-9,17,20-21,24,26,31,46H,4-7,10-16,18-19,22H2,2H3/t24?,26?,31-,38-/m1/s1. The molecule has 4 heterocycles.